The summed E-state index contributed by atoms with van der Waals surface area (Å²) in [6, 6.07) is 11.7. The molecule has 0 radical (unpaired) electrons. The predicted molar refractivity (Wildman–Crippen MR) is 80.9 cm³/mol. The molecule has 20 heavy (non-hydrogen) atoms. The van der Waals surface area contributed by atoms with Crippen LogP contribution in [0.15, 0.2) is 41.3 Å². The highest BCUT2D eigenvalue weighted by Gasteiger charge is 2.11. The number of aromatic nitrogens is 1. The van der Waals surface area contributed by atoms with Crippen LogP contribution in [0.3, 0.4) is 0 Å². The predicted octanol–water partition coefficient (Wildman–Crippen LogP) is 4.19. The van der Waals surface area contributed by atoms with Crippen molar-refractivity contribution in [1.29, 1.82) is 0 Å². The first kappa shape index (κ1) is 13.6. The molecule has 0 atom stereocenters. The number of thioether (sulfide) groups is 1. The third-order valence-corrected chi connectivity index (χ3v) is 4.12. The number of hydrogen-bond acceptors (Lipinski definition) is 4. The Kier molecular flexibility index (Phi) is 4.33. The lowest BCUT2D eigenvalue weighted by atomic mass is 10.3. The van der Waals surface area contributed by atoms with Crippen molar-refractivity contribution in [3.8, 4) is 11.5 Å². The lowest BCUT2D eigenvalue weighted by Gasteiger charge is -2.09. The van der Waals surface area contributed by atoms with E-state index in [0.29, 0.717) is 18.4 Å². The Morgan fingerprint density at radius 1 is 1.10 bits per heavy atom. The fraction of sp³-hybridized carbons (Fsp3) is 0.267. The first-order valence-electron chi connectivity index (χ1n) is 6.45. The van der Waals surface area contributed by atoms with E-state index in [1.807, 2.05) is 30.3 Å². The van der Waals surface area contributed by atoms with Crippen molar-refractivity contribution < 1.29 is 9.47 Å². The van der Waals surface area contributed by atoms with Crippen LogP contribution in [0.2, 0.25) is 5.15 Å². The van der Waals surface area contributed by atoms with Crippen LogP contribution < -0.4 is 9.47 Å². The lowest BCUT2D eigenvalue weighted by molar-refractivity contribution is 0.297. The van der Waals surface area contributed by atoms with Gasteiger partial charge in [-0.25, -0.2) is 4.98 Å². The fourth-order valence-corrected chi connectivity index (χ4v) is 2.93. The summed E-state index contributed by atoms with van der Waals surface area (Å²) in [5, 5.41) is 0.529. The van der Waals surface area contributed by atoms with Gasteiger partial charge in [-0.15, -0.1) is 11.8 Å². The Labute approximate surface area is 127 Å². The molecule has 2 heterocycles. The molecule has 0 spiro atoms. The maximum absolute atomic E-state index is 5.88. The molecule has 3 nitrogen and oxygen atoms in total. The summed E-state index contributed by atoms with van der Waals surface area (Å²) < 4.78 is 11.3. The minimum atomic E-state index is 0.529. The second-order valence-corrected chi connectivity index (χ2v) is 5.84. The number of halogens is 1. The van der Waals surface area contributed by atoms with Crippen LogP contribution in [0, 0.1) is 0 Å². The van der Waals surface area contributed by atoms with Gasteiger partial charge in [0.2, 0.25) is 0 Å². The first-order chi connectivity index (χ1) is 9.81. The van der Waals surface area contributed by atoms with Gasteiger partial charge in [-0.05, 0) is 30.3 Å². The van der Waals surface area contributed by atoms with Crippen molar-refractivity contribution in [2.45, 2.75) is 17.1 Å². The van der Waals surface area contributed by atoms with Crippen LogP contribution in [-0.4, -0.2) is 18.2 Å². The van der Waals surface area contributed by atoms with Crippen molar-refractivity contribution in [3.05, 3.63) is 47.2 Å². The molecule has 0 saturated carbocycles. The monoisotopic (exact) mass is 307 g/mol. The van der Waals surface area contributed by atoms with Crippen LogP contribution in [0.4, 0.5) is 0 Å². The van der Waals surface area contributed by atoms with Gasteiger partial charge in [-0.1, -0.05) is 17.7 Å². The topological polar surface area (TPSA) is 31.4 Å². The standard InChI is InChI=1S/C15H14ClNO2S/c16-15-4-1-3-11(17-15)10-20-12-5-6-13-14(9-12)19-8-2-7-18-13/h1,3-6,9H,2,7-8,10H2. The minimum absolute atomic E-state index is 0.529. The molecule has 5 heteroatoms. The van der Waals surface area contributed by atoms with E-state index in [2.05, 4.69) is 4.98 Å². The quantitative estimate of drug-likeness (QED) is 0.628. The molecule has 0 bridgehead atoms. The summed E-state index contributed by atoms with van der Waals surface area (Å²) in [6.45, 7) is 1.42. The van der Waals surface area contributed by atoms with Crippen molar-refractivity contribution in [2.75, 3.05) is 13.2 Å². The molecule has 1 aliphatic heterocycles. The average Bonchev–Trinajstić information content (AvgIpc) is 2.70. The van der Waals surface area contributed by atoms with E-state index in [4.69, 9.17) is 21.1 Å². The highest BCUT2D eigenvalue weighted by molar-refractivity contribution is 7.98. The molecule has 0 fully saturated rings. The van der Waals surface area contributed by atoms with Gasteiger partial charge in [0.05, 0.1) is 18.9 Å². The van der Waals surface area contributed by atoms with Crippen LogP contribution >= 0.6 is 23.4 Å². The largest absolute Gasteiger partial charge is 0.490 e. The summed E-state index contributed by atoms with van der Waals surface area (Å²) in [4.78, 5) is 5.41. The van der Waals surface area contributed by atoms with E-state index < -0.39 is 0 Å². The van der Waals surface area contributed by atoms with Gasteiger partial charge >= 0.3 is 0 Å². The highest BCUT2D eigenvalue weighted by Crippen LogP contribution is 2.34. The second-order valence-electron chi connectivity index (χ2n) is 4.40. The van der Waals surface area contributed by atoms with Crippen LogP contribution in [0.1, 0.15) is 12.1 Å². The summed E-state index contributed by atoms with van der Waals surface area (Å²) in [6.07, 6.45) is 0.920. The van der Waals surface area contributed by atoms with Crippen LogP contribution in [0.5, 0.6) is 11.5 Å². The minimum Gasteiger partial charge on any atom is -0.490 e. The Morgan fingerprint density at radius 2 is 1.95 bits per heavy atom. The van der Waals surface area contributed by atoms with Gasteiger partial charge in [-0.2, -0.15) is 0 Å². The third kappa shape index (κ3) is 3.38. The normalized spacial score (nSPS) is 13.8. The Balaban J connectivity index is 1.70. The number of fused-ring (bicyclic) bond motifs is 1. The zero-order valence-electron chi connectivity index (χ0n) is 10.8. The molecule has 0 N–H and O–H groups in total. The number of benzene rings is 1. The van der Waals surface area contributed by atoms with Crippen LogP contribution in [0.25, 0.3) is 0 Å². The van der Waals surface area contributed by atoms with Gasteiger partial charge < -0.3 is 9.47 Å². The molecule has 1 aliphatic rings. The summed E-state index contributed by atoms with van der Waals surface area (Å²) >= 11 is 7.59. The Hall–Kier alpha value is -1.39. The van der Waals surface area contributed by atoms with Gasteiger partial charge in [0, 0.05) is 17.1 Å². The van der Waals surface area contributed by atoms with Gasteiger partial charge in [0.15, 0.2) is 11.5 Å². The molecule has 0 aliphatic carbocycles. The van der Waals surface area contributed by atoms with E-state index in [0.717, 1.165) is 34.3 Å². The number of pyridine rings is 1. The fourth-order valence-electron chi connectivity index (χ4n) is 1.92. The highest BCUT2D eigenvalue weighted by atomic mass is 35.5. The van der Waals surface area contributed by atoms with Crippen molar-refractivity contribution in [1.82, 2.24) is 4.98 Å². The SMILES string of the molecule is Clc1cccc(CSc2ccc3c(c2)OCCCO3)n1. The lowest BCUT2D eigenvalue weighted by Crippen LogP contribution is -1.97. The van der Waals surface area contributed by atoms with E-state index in [1.165, 1.54) is 0 Å². The molecular weight excluding hydrogens is 294 g/mol. The molecule has 0 unspecified atom stereocenters. The number of nitrogens with zero attached hydrogens (tertiary/aromatic N) is 1. The molecule has 1 aromatic heterocycles. The van der Waals surface area contributed by atoms with E-state index in [-0.39, 0.29) is 0 Å². The van der Waals surface area contributed by atoms with Gasteiger partial charge in [0.1, 0.15) is 5.15 Å². The smallest absolute Gasteiger partial charge is 0.162 e. The zero-order chi connectivity index (χ0) is 13.8. The van der Waals surface area contributed by atoms with Crippen molar-refractivity contribution in [2.24, 2.45) is 0 Å². The van der Waals surface area contributed by atoms with Gasteiger partial charge in [-0.3, -0.25) is 0 Å². The van der Waals surface area contributed by atoms with E-state index in [1.54, 1.807) is 17.8 Å². The maximum Gasteiger partial charge on any atom is 0.162 e. The van der Waals surface area contributed by atoms with Crippen molar-refractivity contribution >= 4 is 23.4 Å². The summed E-state index contributed by atoms with van der Waals surface area (Å²) in [5.74, 6) is 2.43. The molecule has 104 valence electrons. The second kappa shape index (κ2) is 6.37. The molecule has 1 aromatic carbocycles. The molecule has 2 aromatic rings. The number of hydrogen-bond donors (Lipinski definition) is 0. The van der Waals surface area contributed by atoms with E-state index in [9.17, 15) is 0 Å². The number of rotatable bonds is 3. The summed E-state index contributed by atoms with van der Waals surface area (Å²) in [7, 11) is 0. The zero-order valence-corrected chi connectivity index (χ0v) is 12.4. The third-order valence-electron chi connectivity index (χ3n) is 2.88. The van der Waals surface area contributed by atoms with Crippen LogP contribution in [-0.2, 0) is 5.75 Å². The molecule has 0 amide bonds. The van der Waals surface area contributed by atoms with E-state index >= 15 is 0 Å². The van der Waals surface area contributed by atoms with Crippen molar-refractivity contribution in [3.63, 3.8) is 0 Å². The molecule has 0 saturated heterocycles. The molecule has 3 rings (SSSR count). The average molecular weight is 308 g/mol. The Bertz CT molecular complexity index is 606. The summed E-state index contributed by atoms with van der Waals surface area (Å²) in [5.41, 5.74) is 0.967. The number of ether oxygens (including phenoxy) is 2. The maximum atomic E-state index is 5.88. The molecular formula is C15H14ClNO2S. The first-order valence-corrected chi connectivity index (χ1v) is 7.81. The Morgan fingerprint density at radius 3 is 2.80 bits per heavy atom. The van der Waals surface area contributed by atoms with Gasteiger partial charge in [0.25, 0.3) is 0 Å².